The molecule has 0 spiro atoms. The maximum Gasteiger partial charge on any atom is 0.362 e. The first-order valence-corrected chi connectivity index (χ1v) is 8.37. The van der Waals surface area contributed by atoms with Crippen molar-refractivity contribution in [3.05, 3.63) is 60.6 Å². The third-order valence-corrected chi connectivity index (χ3v) is 4.38. The summed E-state index contributed by atoms with van der Waals surface area (Å²) >= 11 is 0. The lowest BCUT2D eigenvalue weighted by Gasteiger charge is -2.04. The van der Waals surface area contributed by atoms with Crippen molar-refractivity contribution in [1.82, 2.24) is 19.3 Å². The number of carbonyl (C=O) groups excluding carboxylic acids is 1. The molecule has 2 heterocycles. The number of hydrogen-bond acceptors (Lipinski definition) is 5. The van der Waals surface area contributed by atoms with Crippen molar-refractivity contribution in [3.63, 3.8) is 0 Å². The van der Waals surface area contributed by atoms with Crippen LogP contribution in [0, 0.1) is 0 Å². The Balaban J connectivity index is 1.62. The van der Waals surface area contributed by atoms with Crippen molar-refractivity contribution in [1.29, 1.82) is 0 Å². The summed E-state index contributed by atoms with van der Waals surface area (Å²) in [4.78, 5) is 16.9. The molecule has 0 saturated heterocycles. The summed E-state index contributed by atoms with van der Waals surface area (Å²) in [5.41, 5.74) is 3.53. The van der Waals surface area contributed by atoms with Crippen molar-refractivity contribution in [2.24, 2.45) is 14.1 Å². The summed E-state index contributed by atoms with van der Waals surface area (Å²) in [7, 11) is 5.22. The van der Waals surface area contributed by atoms with Gasteiger partial charge in [0.1, 0.15) is 17.2 Å². The third kappa shape index (κ3) is 3.03. The molecule has 7 nitrogen and oxygen atoms in total. The van der Waals surface area contributed by atoms with E-state index in [0.717, 1.165) is 16.6 Å². The molecule has 0 bridgehead atoms. The monoisotopic (exact) mass is 362 g/mol. The van der Waals surface area contributed by atoms with E-state index in [1.807, 2.05) is 41.9 Å². The molecule has 0 fully saturated rings. The summed E-state index contributed by atoms with van der Waals surface area (Å²) in [6.45, 7) is 0. The van der Waals surface area contributed by atoms with Gasteiger partial charge in [-0.15, -0.1) is 0 Å². The molecule has 0 N–H and O–H groups in total. The number of fused-ring (bicyclic) bond motifs is 1. The van der Waals surface area contributed by atoms with Crippen LogP contribution in [0.15, 0.2) is 54.9 Å². The number of para-hydroxylation sites is 1. The molecule has 0 aliphatic carbocycles. The van der Waals surface area contributed by atoms with Crippen LogP contribution in [0.2, 0.25) is 0 Å². The largest absolute Gasteiger partial charge is 0.496 e. The highest BCUT2D eigenvalue weighted by Crippen LogP contribution is 2.29. The maximum atomic E-state index is 12.6. The Labute approximate surface area is 155 Å². The molecule has 2 aromatic carbocycles. The van der Waals surface area contributed by atoms with E-state index in [9.17, 15) is 4.79 Å². The molecule has 0 radical (unpaired) electrons. The van der Waals surface area contributed by atoms with Crippen LogP contribution in [0.5, 0.6) is 11.5 Å². The number of aryl methyl sites for hydroxylation is 2. The lowest BCUT2D eigenvalue weighted by molar-refractivity contribution is 0.0723. The number of ether oxygens (including phenoxy) is 2. The quantitative estimate of drug-likeness (QED) is 0.412. The van der Waals surface area contributed by atoms with Crippen molar-refractivity contribution in [2.45, 2.75) is 0 Å². The molecule has 4 rings (SSSR count). The second-order valence-electron chi connectivity index (χ2n) is 6.13. The van der Waals surface area contributed by atoms with E-state index in [-0.39, 0.29) is 0 Å². The van der Waals surface area contributed by atoms with Gasteiger partial charge in [-0.1, -0.05) is 12.1 Å². The SMILES string of the molecule is COc1ccccc1-c1cc(C(=O)Oc2ccc3c(c2)ncn3C)n(C)n1. The second-order valence-corrected chi connectivity index (χ2v) is 6.13. The number of aromatic nitrogens is 4. The molecule has 27 heavy (non-hydrogen) atoms. The van der Waals surface area contributed by atoms with Gasteiger partial charge in [0.25, 0.3) is 0 Å². The van der Waals surface area contributed by atoms with Crippen molar-refractivity contribution in [3.8, 4) is 22.8 Å². The third-order valence-electron chi connectivity index (χ3n) is 4.38. The summed E-state index contributed by atoms with van der Waals surface area (Å²) in [5.74, 6) is 0.642. The van der Waals surface area contributed by atoms with Gasteiger partial charge in [-0.2, -0.15) is 5.10 Å². The number of hydrogen-bond donors (Lipinski definition) is 0. The van der Waals surface area contributed by atoms with Crippen molar-refractivity contribution >= 4 is 17.0 Å². The summed E-state index contributed by atoms with van der Waals surface area (Å²) in [6, 6.07) is 14.6. The normalized spacial score (nSPS) is 10.9. The molecular formula is C20H18N4O3. The van der Waals surface area contributed by atoms with Gasteiger partial charge in [-0.05, 0) is 30.3 Å². The minimum absolute atomic E-state index is 0.344. The van der Waals surface area contributed by atoms with Crippen molar-refractivity contribution < 1.29 is 14.3 Å². The highest BCUT2D eigenvalue weighted by molar-refractivity contribution is 5.91. The van der Waals surface area contributed by atoms with E-state index in [1.54, 1.807) is 38.7 Å². The smallest absolute Gasteiger partial charge is 0.362 e. The minimum Gasteiger partial charge on any atom is -0.496 e. The first-order chi connectivity index (χ1) is 13.1. The summed E-state index contributed by atoms with van der Waals surface area (Å²) in [5, 5.41) is 4.43. The summed E-state index contributed by atoms with van der Waals surface area (Å²) in [6.07, 6.45) is 1.72. The fraction of sp³-hybridized carbons (Fsp3) is 0.150. The van der Waals surface area contributed by atoms with Crippen LogP contribution in [0.4, 0.5) is 0 Å². The Hall–Kier alpha value is -3.61. The van der Waals surface area contributed by atoms with E-state index >= 15 is 0 Å². The van der Waals surface area contributed by atoms with E-state index in [0.29, 0.717) is 22.9 Å². The Bertz CT molecular complexity index is 1140. The number of carbonyl (C=O) groups is 1. The average molecular weight is 362 g/mol. The highest BCUT2D eigenvalue weighted by atomic mass is 16.5. The molecule has 136 valence electrons. The fourth-order valence-electron chi connectivity index (χ4n) is 2.98. The zero-order chi connectivity index (χ0) is 19.0. The molecule has 4 aromatic rings. The van der Waals surface area contributed by atoms with Crippen LogP contribution in [-0.4, -0.2) is 32.4 Å². The molecule has 0 aliphatic rings. The number of imidazole rings is 1. The molecular weight excluding hydrogens is 344 g/mol. The Morgan fingerprint density at radius 2 is 1.89 bits per heavy atom. The number of rotatable bonds is 4. The zero-order valence-electron chi connectivity index (χ0n) is 15.2. The van der Waals surface area contributed by atoms with Gasteiger partial charge in [0, 0.05) is 25.7 Å². The maximum absolute atomic E-state index is 12.6. The van der Waals surface area contributed by atoms with Gasteiger partial charge in [0.05, 0.1) is 30.2 Å². The van der Waals surface area contributed by atoms with E-state index in [1.165, 1.54) is 4.68 Å². The molecule has 0 amide bonds. The van der Waals surface area contributed by atoms with Crippen LogP contribution in [-0.2, 0) is 14.1 Å². The predicted octanol–water partition coefficient (Wildman–Crippen LogP) is 3.20. The van der Waals surface area contributed by atoms with E-state index in [4.69, 9.17) is 9.47 Å². The zero-order valence-corrected chi connectivity index (χ0v) is 15.2. The van der Waals surface area contributed by atoms with Gasteiger partial charge in [0.2, 0.25) is 0 Å². The Morgan fingerprint density at radius 3 is 2.70 bits per heavy atom. The summed E-state index contributed by atoms with van der Waals surface area (Å²) < 4.78 is 14.3. The molecule has 0 saturated carbocycles. The molecule has 2 aromatic heterocycles. The topological polar surface area (TPSA) is 71.2 Å². The number of benzene rings is 2. The lowest BCUT2D eigenvalue weighted by Crippen LogP contribution is -2.13. The Morgan fingerprint density at radius 1 is 1.07 bits per heavy atom. The van der Waals surface area contributed by atoms with Crippen LogP contribution < -0.4 is 9.47 Å². The Kier molecular flexibility index (Phi) is 4.12. The first-order valence-electron chi connectivity index (χ1n) is 8.37. The lowest BCUT2D eigenvalue weighted by atomic mass is 10.1. The van der Waals surface area contributed by atoms with Crippen LogP contribution in [0.1, 0.15) is 10.5 Å². The average Bonchev–Trinajstić information content (AvgIpc) is 3.24. The van der Waals surface area contributed by atoms with Crippen LogP contribution in [0.3, 0.4) is 0 Å². The molecule has 7 heteroatoms. The van der Waals surface area contributed by atoms with Gasteiger partial charge < -0.3 is 14.0 Å². The number of esters is 1. The fourth-order valence-corrected chi connectivity index (χ4v) is 2.98. The number of methoxy groups -OCH3 is 1. The molecule has 0 aliphatic heterocycles. The predicted molar refractivity (Wildman–Crippen MR) is 101 cm³/mol. The minimum atomic E-state index is -0.485. The first kappa shape index (κ1) is 16.8. The van der Waals surface area contributed by atoms with Gasteiger partial charge >= 0.3 is 5.97 Å². The number of nitrogens with zero attached hydrogens (tertiary/aromatic N) is 4. The van der Waals surface area contributed by atoms with Gasteiger partial charge in [0.15, 0.2) is 0 Å². The second kappa shape index (κ2) is 6.60. The molecule has 0 unspecified atom stereocenters. The van der Waals surface area contributed by atoms with Crippen LogP contribution >= 0.6 is 0 Å². The van der Waals surface area contributed by atoms with E-state index in [2.05, 4.69) is 10.1 Å². The van der Waals surface area contributed by atoms with Crippen LogP contribution in [0.25, 0.3) is 22.3 Å². The van der Waals surface area contributed by atoms with Crippen molar-refractivity contribution in [2.75, 3.05) is 7.11 Å². The van der Waals surface area contributed by atoms with E-state index < -0.39 is 5.97 Å². The highest BCUT2D eigenvalue weighted by Gasteiger charge is 2.18. The standard InChI is InChI=1S/C20H18N4O3/c1-23-12-21-16-10-13(8-9-17(16)23)27-20(25)18-11-15(22-24(18)2)14-6-4-5-7-19(14)26-3/h4-12H,1-3H3. The van der Waals surface area contributed by atoms with Gasteiger partial charge in [-0.25, -0.2) is 9.78 Å². The molecule has 0 atom stereocenters. The van der Waals surface area contributed by atoms with Gasteiger partial charge in [-0.3, -0.25) is 4.68 Å².